The predicted octanol–water partition coefficient (Wildman–Crippen LogP) is 0.929. The Balaban J connectivity index is 2.34. The van der Waals surface area contributed by atoms with Crippen molar-refractivity contribution in [3.63, 3.8) is 0 Å². The van der Waals surface area contributed by atoms with Gasteiger partial charge in [-0.05, 0) is 26.1 Å². The fraction of sp³-hybridized carbons (Fsp3) is 0.417. The minimum absolute atomic E-state index is 0.0952. The average molecular weight is 240 g/mol. The van der Waals surface area contributed by atoms with E-state index in [0.717, 1.165) is 0 Å². The highest BCUT2D eigenvalue weighted by Crippen LogP contribution is 2.13. The number of likely N-dealkylation sites (N-methyl/N-ethyl adjacent to an activating group) is 1. The van der Waals surface area contributed by atoms with Crippen molar-refractivity contribution in [3.8, 4) is 5.75 Å². The van der Waals surface area contributed by atoms with Gasteiger partial charge in [0.2, 0.25) is 5.91 Å². The summed E-state index contributed by atoms with van der Waals surface area (Å²) in [4.78, 5) is 11.2. The molecule has 0 saturated carbocycles. The molecule has 0 spiro atoms. The fourth-order valence-corrected chi connectivity index (χ4v) is 1.29. The maximum absolute atomic E-state index is 12.9. The lowest BCUT2D eigenvalue weighted by atomic mass is 10.3. The van der Waals surface area contributed by atoms with Gasteiger partial charge in [0, 0.05) is 6.07 Å². The standard InChI is InChI=1S/C12H17FN2O2/c1-9(7-15-12(16)8-14-2)17-11-5-3-4-10(13)6-11/h3-6,9,14H,7-8H2,1-2H3,(H,15,16). The molecule has 5 heteroatoms. The maximum Gasteiger partial charge on any atom is 0.234 e. The predicted molar refractivity (Wildman–Crippen MR) is 63.4 cm³/mol. The molecule has 1 unspecified atom stereocenters. The Hall–Kier alpha value is -1.62. The summed E-state index contributed by atoms with van der Waals surface area (Å²) < 4.78 is 18.3. The Bertz CT molecular complexity index is 371. The van der Waals surface area contributed by atoms with Crippen LogP contribution in [0, 0.1) is 5.82 Å². The van der Waals surface area contributed by atoms with Crippen LogP contribution in [-0.4, -0.2) is 32.1 Å². The Morgan fingerprint density at radius 3 is 2.94 bits per heavy atom. The Morgan fingerprint density at radius 1 is 1.53 bits per heavy atom. The number of benzene rings is 1. The summed E-state index contributed by atoms with van der Waals surface area (Å²) in [6.07, 6.45) is -0.211. The number of carbonyl (C=O) groups is 1. The van der Waals surface area contributed by atoms with Gasteiger partial charge in [-0.1, -0.05) is 6.07 Å². The molecule has 0 fully saturated rings. The van der Waals surface area contributed by atoms with E-state index in [-0.39, 0.29) is 24.4 Å². The van der Waals surface area contributed by atoms with E-state index in [1.54, 1.807) is 19.2 Å². The Kier molecular flexibility index (Phi) is 5.42. The molecule has 17 heavy (non-hydrogen) atoms. The summed E-state index contributed by atoms with van der Waals surface area (Å²) in [5, 5.41) is 5.44. The molecular formula is C12H17FN2O2. The lowest BCUT2D eigenvalue weighted by Gasteiger charge is -2.15. The SMILES string of the molecule is CNCC(=O)NCC(C)Oc1cccc(F)c1. The molecule has 0 radical (unpaired) electrons. The van der Waals surface area contributed by atoms with E-state index in [4.69, 9.17) is 4.74 Å². The van der Waals surface area contributed by atoms with Gasteiger partial charge in [0.15, 0.2) is 0 Å². The van der Waals surface area contributed by atoms with Gasteiger partial charge >= 0.3 is 0 Å². The van der Waals surface area contributed by atoms with Crippen molar-refractivity contribution >= 4 is 5.91 Å². The summed E-state index contributed by atoms with van der Waals surface area (Å²) in [5.74, 6) is 0.0245. The monoisotopic (exact) mass is 240 g/mol. The van der Waals surface area contributed by atoms with Crippen molar-refractivity contribution in [1.29, 1.82) is 0 Å². The van der Waals surface area contributed by atoms with Gasteiger partial charge in [0.1, 0.15) is 17.7 Å². The Morgan fingerprint density at radius 2 is 2.29 bits per heavy atom. The second-order valence-corrected chi connectivity index (χ2v) is 3.72. The molecule has 0 aliphatic rings. The van der Waals surface area contributed by atoms with Crippen molar-refractivity contribution in [3.05, 3.63) is 30.1 Å². The highest BCUT2D eigenvalue weighted by atomic mass is 19.1. The van der Waals surface area contributed by atoms with Crippen LogP contribution in [-0.2, 0) is 4.79 Å². The summed E-state index contributed by atoms with van der Waals surface area (Å²) in [7, 11) is 1.70. The van der Waals surface area contributed by atoms with E-state index in [1.165, 1.54) is 12.1 Å². The lowest BCUT2D eigenvalue weighted by Crippen LogP contribution is -2.38. The molecule has 2 N–H and O–H groups in total. The van der Waals surface area contributed by atoms with E-state index in [2.05, 4.69) is 10.6 Å². The largest absolute Gasteiger partial charge is 0.489 e. The van der Waals surface area contributed by atoms with Crippen LogP contribution in [0.1, 0.15) is 6.92 Å². The summed E-state index contributed by atoms with van der Waals surface area (Å²) in [5.41, 5.74) is 0. The van der Waals surface area contributed by atoms with E-state index >= 15 is 0 Å². The molecule has 1 aromatic rings. The van der Waals surface area contributed by atoms with Crippen molar-refractivity contribution < 1.29 is 13.9 Å². The first-order valence-electron chi connectivity index (χ1n) is 5.45. The van der Waals surface area contributed by atoms with Gasteiger partial charge in [0.05, 0.1) is 13.1 Å². The first-order chi connectivity index (χ1) is 8.11. The number of rotatable bonds is 6. The molecule has 4 nitrogen and oxygen atoms in total. The summed E-state index contributed by atoms with van der Waals surface area (Å²) in [6.45, 7) is 2.47. The number of amides is 1. The van der Waals surface area contributed by atoms with Gasteiger partial charge in [-0.15, -0.1) is 0 Å². The van der Waals surface area contributed by atoms with Gasteiger partial charge in [-0.25, -0.2) is 4.39 Å². The number of ether oxygens (including phenoxy) is 1. The minimum atomic E-state index is -0.339. The highest BCUT2D eigenvalue weighted by molar-refractivity contribution is 5.77. The van der Waals surface area contributed by atoms with E-state index < -0.39 is 0 Å². The van der Waals surface area contributed by atoms with Crippen LogP contribution < -0.4 is 15.4 Å². The zero-order chi connectivity index (χ0) is 12.7. The number of hydrogen-bond acceptors (Lipinski definition) is 3. The quantitative estimate of drug-likeness (QED) is 0.777. The Labute approximate surface area is 100 Å². The first kappa shape index (κ1) is 13.4. The third-order valence-corrected chi connectivity index (χ3v) is 2.06. The van der Waals surface area contributed by atoms with Crippen molar-refractivity contribution in [2.24, 2.45) is 0 Å². The first-order valence-corrected chi connectivity index (χ1v) is 5.45. The number of hydrogen-bond donors (Lipinski definition) is 2. The summed E-state index contributed by atoms with van der Waals surface area (Å²) in [6, 6.07) is 5.92. The van der Waals surface area contributed by atoms with Crippen LogP contribution in [0.3, 0.4) is 0 Å². The summed E-state index contributed by atoms with van der Waals surface area (Å²) >= 11 is 0. The van der Waals surface area contributed by atoms with Crippen LogP contribution in [0.15, 0.2) is 24.3 Å². The molecule has 0 aliphatic carbocycles. The molecule has 94 valence electrons. The fourth-order valence-electron chi connectivity index (χ4n) is 1.29. The highest BCUT2D eigenvalue weighted by Gasteiger charge is 2.06. The number of carbonyl (C=O) groups excluding carboxylic acids is 1. The molecule has 0 aromatic heterocycles. The molecule has 1 rings (SSSR count). The van der Waals surface area contributed by atoms with E-state index in [1.807, 2.05) is 6.92 Å². The zero-order valence-corrected chi connectivity index (χ0v) is 10.00. The molecule has 0 heterocycles. The topological polar surface area (TPSA) is 50.4 Å². The van der Waals surface area contributed by atoms with Crippen LogP contribution in [0.25, 0.3) is 0 Å². The second kappa shape index (κ2) is 6.85. The lowest BCUT2D eigenvalue weighted by molar-refractivity contribution is -0.120. The second-order valence-electron chi connectivity index (χ2n) is 3.72. The molecule has 1 atom stereocenters. The number of halogens is 1. The molecule has 0 saturated heterocycles. The van der Waals surface area contributed by atoms with Crippen LogP contribution in [0.5, 0.6) is 5.75 Å². The molecule has 1 amide bonds. The van der Waals surface area contributed by atoms with Crippen molar-refractivity contribution in [1.82, 2.24) is 10.6 Å². The number of nitrogens with one attached hydrogen (secondary N) is 2. The molecular weight excluding hydrogens is 223 g/mol. The molecule has 0 aliphatic heterocycles. The molecule has 0 bridgehead atoms. The van der Waals surface area contributed by atoms with Gasteiger partial charge in [-0.2, -0.15) is 0 Å². The third-order valence-electron chi connectivity index (χ3n) is 2.06. The third kappa shape index (κ3) is 5.31. The van der Waals surface area contributed by atoms with Crippen LogP contribution in [0.4, 0.5) is 4.39 Å². The van der Waals surface area contributed by atoms with Gasteiger partial charge in [-0.3, -0.25) is 4.79 Å². The molecule has 1 aromatic carbocycles. The average Bonchev–Trinajstić information content (AvgIpc) is 2.27. The van der Waals surface area contributed by atoms with Gasteiger partial charge in [0.25, 0.3) is 0 Å². The van der Waals surface area contributed by atoms with E-state index in [9.17, 15) is 9.18 Å². The normalized spacial score (nSPS) is 11.9. The van der Waals surface area contributed by atoms with E-state index in [0.29, 0.717) is 12.3 Å². The van der Waals surface area contributed by atoms with Crippen molar-refractivity contribution in [2.75, 3.05) is 20.1 Å². The van der Waals surface area contributed by atoms with Crippen LogP contribution in [0.2, 0.25) is 0 Å². The van der Waals surface area contributed by atoms with Gasteiger partial charge < -0.3 is 15.4 Å². The maximum atomic E-state index is 12.9. The zero-order valence-electron chi connectivity index (χ0n) is 10.00. The smallest absolute Gasteiger partial charge is 0.234 e. The minimum Gasteiger partial charge on any atom is -0.489 e. The van der Waals surface area contributed by atoms with Crippen LogP contribution >= 0.6 is 0 Å². The van der Waals surface area contributed by atoms with Crippen molar-refractivity contribution in [2.45, 2.75) is 13.0 Å².